The van der Waals surface area contributed by atoms with Crippen LogP contribution in [0.3, 0.4) is 0 Å². The Bertz CT molecular complexity index is 660. The molecule has 2 heterocycles. The minimum absolute atomic E-state index is 0.0817. The summed E-state index contributed by atoms with van der Waals surface area (Å²) in [7, 11) is 0. The highest BCUT2D eigenvalue weighted by atomic mass is 16.2. The van der Waals surface area contributed by atoms with Crippen molar-refractivity contribution in [3.8, 4) is 0 Å². The van der Waals surface area contributed by atoms with E-state index < -0.39 is 0 Å². The number of amides is 1. The van der Waals surface area contributed by atoms with Crippen molar-refractivity contribution in [2.75, 3.05) is 18.4 Å². The van der Waals surface area contributed by atoms with Crippen molar-refractivity contribution in [3.05, 3.63) is 36.0 Å². The van der Waals surface area contributed by atoms with Gasteiger partial charge in [0.15, 0.2) is 0 Å². The predicted molar refractivity (Wildman–Crippen MR) is 80.7 cm³/mol. The maximum Gasteiger partial charge on any atom is 0.231 e. The lowest BCUT2D eigenvalue weighted by molar-refractivity contribution is -0.123. The number of carbonyl (C=O) groups excluding carboxylic acids is 1. The monoisotopic (exact) mass is 269 g/mol. The summed E-state index contributed by atoms with van der Waals surface area (Å²) in [6.07, 6.45) is 0.876. The van der Waals surface area contributed by atoms with Crippen LogP contribution in [0.1, 0.15) is 19.0 Å². The molecule has 0 aliphatic carbocycles. The molecule has 3 rings (SSSR count). The Hall–Kier alpha value is -1.94. The molecule has 0 bridgehead atoms. The zero-order chi connectivity index (χ0) is 14.2. The van der Waals surface area contributed by atoms with E-state index in [1.165, 1.54) is 0 Å². The number of carbonyl (C=O) groups is 1. The highest BCUT2D eigenvalue weighted by Gasteiger charge is 2.36. The van der Waals surface area contributed by atoms with Crippen molar-refractivity contribution in [1.82, 2.24) is 10.3 Å². The van der Waals surface area contributed by atoms with Crippen LogP contribution in [0.5, 0.6) is 0 Å². The highest BCUT2D eigenvalue weighted by Crippen LogP contribution is 2.29. The van der Waals surface area contributed by atoms with Crippen LogP contribution in [0.2, 0.25) is 0 Å². The first-order valence-corrected chi connectivity index (χ1v) is 6.97. The molecular weight excluding hydrogens is 250 g/mol. The summed E-state index contributed by atoms with van der Waals surface area (Å²) in [5.41, 5.74) is 2.36. The molecule has 0 spiro atoms. The van der Waals surface area contributed by atoms with Crippen LogP contribution in [-0.2, 0) is 4.79 Å². The van der Waals surface area contributed by atoms with Crippen LogP contribution in [0, 0.1) is 12.3 Å². The lowest BCUT2D eigenvalue weighted by Crippen LogP contribution is -2.35. The summed E-state index contributed by atoms with van der Waals surface area (Å²) in [5, 5.41) is 7.33. The number of rotatable bonds is 2. The quantitative estimate of drug-likeness (QED) is 0.880. The molecule has 20 heavy (non-hydrogen) atoms. The van der Waals surface area contributed by atoms with Crippen LogP contribution in [-0.4, -0.2) is 24.0 Å². The molecule has 1 atom stereocenters. The Balaban J connectivity index is 1.96. The number of fused-ring (bicyclic) bond motifs is 1. The summed E-state index contributed by atoms with van der Waals surface area (Å²) in [6.45, 7) is 5.60. The minimum atomic E-state index is -0.321. The van der Waals surface area contributed by atoms with E-state index in [1.807, 2.05) is 44.2 Å². The van der Waals surface area contributed by atoms with Gasteiger partial charge < -0.3 is 10.6 Å². The number of anilines is 1. The van der Waals surface area contributed by atoms with Crippen molar-refractivity contribution >= 4 is 22.5 Å². The van der Waals surface area contributed by atoms with E-state index >= 15 is 0 Å². The zero-order valence-electron chi connectivity index (χ0n) is 11.9. The van der Waals surface area contributed by atoms with Gasteiger partial charge in [0.25, 0.3) is 0 Å². The molecule has 4 nitrogen and oxygen atoms in total. The van der Waals surface area contributed by atoms with Crippen LogP contribution >= 0.6 is 0 Å². The smallest absolute Gasteiger partial charge is 0.231 e. The Labute approximate surface area is 118 Å². The molecule has 1 unspecified atom stereocenters. The molecule has 1 aromatic heterocycles. The largest absolute Gasteiger partial charge is 0.325 e. The van der Waals surface area contributed by atoms with Crippen LogP contribution < -0.4 is 10.6 Å². The Morgan fingerprint density at radius 1 is 1.40 bits per heavy atom. The summed E-state index contributed by atoms with van der Waals surface area (Å²) in [4.78, 5) is 17.0. The topological polar surface area (TPSA) is 54.0 Å². The van der Waals surface area contributed by atoms with Crippen molar-refractivity contribution in [2.45, 2.75) is 20.3 Å². The van der Waals surface area contributed by atoms with E-state index in [0.717, 1.165) is 41.8 Å². The van der Waals surface area contributed by atoms with Gasteiger partial charge in [0.2, 0.25) is 5.91 Å². The second kappa shape index (κ2) is 4.87. The van der Waals surface area contributed by atoms with Gasteiger partial charge in [-0.2, -0.15) is 0 Å². The fourth-order valence-electron chi connectivity index (χ4n) is 2.70. The maximum absolute atomic E-state index is 12.5. The molecule has 2 aromatic rings. The molecule has 4 heteroatoms. The second-order valence-corrected chi connectivity index (χ2v) is 5.77. The van der Waals surface area contributed by atoms with Crippen molar-refractivity contribution in [1.29, 1.82) is 0 Å². The van der Waals surface area contributed by atoms with Crippen molar-refractivity contribution < 1.29 is 4.79 Å². The lowest BCUT2D eigenvalue weighted by atomic mass is 9.88. The molecule has 0 radical (unpaired) electrons. The number of nitrogens with zero attached hydrogens (tertiary/aromatic N) is 1. The SMILES string of the molecule is Cc1cc(NC(=O)C2(C)CCNC2)c2ccccc2n1. The summed E-state index contributed by atoms with van der Waals surface area (Å²) in [6, 6.07) is 9.83. The summed E-state index contributed by atoms with van der Waals surface area (Å²) < 4.78 is 0. The average molecular weight is 269 g/mol. The molecule has 104 valence electrons. The molecule has 1 aliphatic heterocycles. The Kier molecular flexibility index (Phi) is 3.18. The van der Waals surface area contributed by atoms with E-state index in [2.05, 4.69) is 15.6 Å². The first-order chi connectivity index (χ1) is 9.58. The molecular formula is C16H19N3O. The first kappa shape index (κ1) is 13.1. The molecule has 0 saturated carbocycles. The van der Waals surface area contributed by atoms with Gasteiger partial charge in [-0.1, -0.05) is 18.2 Å². The van der Waals surface area contributed by atoms with Crippen LogP contribution in [0.4, 0.5) is 5.69 Å². The summed E-state index contributed by atoms with van der Waals surface area (Å²) in [5.74, 6) is 0.0817. The van der Waals surface area contributed by atoms with E-state index in [1.54, 1.807) is 0 Å². The predicted octanol–water partition coefficient (Wildman–Crippen LogP) is 2.48. The molecule has 1 aromatic carbocycles. The number of hydrogen-bond donors (Lipinski definition) is 2. The van der Waals surface area contributed by atoms with E-state index in [0.29, 0.717) is 0 Å². The van der Waals surface area contributed by atoms with Gasteiger partial charge in [0, 0.05) is 17.6 Å². The third-order valence-corrected chi connectivity index (χ3v) is 4.01. The average Bonchev–Trinajstić information content (AvgIpc) is 2.87. The summed E-state index contributed by atoms with van der Waals surface area (Å²) >= 11 is 0. The number of para-hydroxylation sites is 1. The minimum Gasteiger partial charge on any atom is -0.325 e. The van der Waals surface area contributed by atoms with Gasteiger partial charge in [-0.3, -0.25) is 9.78 Å². The third kappa shape index (κ3) is 2.27. The standard InChI is InChI=1S/C16H19N3O/c1-11-9-14(12-5-3-4-6-13(12)18-11)19-15(20)16(2)7-8-17-10-16/h3-6,9,17H,7-8,10H2,1-2H3,(H,18,19,20). The second-order valence-electron chi connectivity index (χ2n) is 5.77. The van der Waals surface area contributed by atoms with Gasteiger partial charge in [-0.05, 0) is 38.9 Å². The lowest BCUT2D eigenvalue weighted by Gasteiger charge is -2.22. The molecule has 1 saturated heterocycles. The van der Waals surface area contributed by atoms with Gasteiger partial charge in [-0.25, -0.2) is 0 Å². The Morgan fingerprint density at radius 2 is 2.20 bits per heavy atom. The van der Waals surface area contributed by atoms with E-state index in [9.17, 15) is 4.79 Å². The van der Waals surface area contributed by atoms with Gasteiger partial charge >= 0.3 is 0 Å². The number of benzene rings is 1. The number of aryl methyl sites for hydroxylation is 1. The molecule has 2 N–H and O–H groups in total. The van der Waals surface area contributed by atoms with E-state index in [-0.39, 0.29) is 11.3 Å². The van der Waals surface area contributed by atoms with E-state index in [4.69, 9.17) is 0 Å². The van der Waals surface area contributed by atoms with Gasteiger partial charge in [0.05, 0.1) is 16.6 Å². The fourth-order valence-corrected chi connectivity index (χ4v) is 2.70. The van der Waals surface area contributed by atoms with Gasteiger partial charge in [-0.15, -0.1) is 0 Å². The van der Waals surface area contributed by atoms with Crippen LogP contribution in [0.25, 0.3) is 10.9 Å². The van der Waals surface area contributed by atoms with Crippen molar-refractivity contribution in [3.63, 3.8) is 0 Å². The van der Waals surface area contributed by atoms with Crippen molar-refractivity contribution in [2.24, 2.45) is 5.41 Å². The fraction of sp³-hybridized carbons (Fsp3) is 0.375. The normalized spacial score (nSPS) is 22.1. The third-order valence-electron chi connectivity index (χ3n) is 4.01. The zero-order valence-corrected chi connectivity index (χ0v) is 11.9. The highest BCUT2D eigenvalue weighted by molar-refractivity contribution is 6.03. The number of pyridine rings is 1. The number of aromatic nitrogens is 1. The Morgan fingerprint density at radius 3 is 2.95 bits per heavy atom. The molecule has 1 aliphatic rings. The number of hydrogen-bond acceptors (Lipinski definition) is 3. The molecule has 1 amide bonds. The maximum atomic E-state index is 12.5. The van der Waals surface area contributed by atoms with Gasteiger partial charge in [0.1, 0.15) is 0 Å². The first-order valence-electron chi connectivity index (χ1n) is 6.97. The van der Waals surface area contributed by atoms with Crippen LogP contribution in [0.15, 0.2) is 30.3 Å². The number of nitrogens with one attached hydrogen (secondary N) is 2. The molecule has 1 fully saturated rings.